The van der Waals surface area contributed by atoms with Gasteiger partial charge >= 0.3 is 0 Å². The summed E-state index contributed by atoms with van der Waals surface area (Å²) in [6.07, 6.45) is 1.05. The maximum absolute atomic E-state index is 12.2. The Morgan fingerprint density at radius 1 is 1.22 bits per heavy atom. The molecule has 1 N–H and O–H groups in total. The number of hydrogen-bond donors (Lipinski definition) is 1. The second-order valence-electron chi connectivity index (χ2n) is 4.80. The number of nitrogens with zero attached hydrogens (tertiary/aromatic N) is 1. The molecule has 5 nitrogen and oxygen atoms in total. The molecule has 2 aromatic carbocycles. The zero-order chi connectivity index (χ0) is 17.0. The van der Waals surface area contributed by atoms with Gasteiger partial charge in [0.25, 0.3) is 0 Å². The third-order valence-corrected chi connectivity index (χ3v) is 5.01. The van der Waals surface area contributed by atoms with Crippen molar-refractivity contribution in [1.29, 1.82) is 0 Å². The van der Waals surface area contributed by atoms with E-state index in [1.807, 2.05) is 12.1 Å². The Morgan fingerprint density at radius 3 is 2.43 bits per heavy atom. The lowest BCUT2D eigenvalue weighted by atomic mass is 10.3. The summed E-state index contributed by atoms with van der Waals surface area (Å²) in [4.78, 5) is 12.2. The van der Waals surface area contributed by atoms with Gasteiger partial charge in [-0.15, -0.1) is 0 Å². The SMILES string of the molecule is CS(=O)(=O)N(CC(=O)Nc1ccc(I)cc1)c1cccc(Cl)c1. The first kappa shape index (κ1) is 18.0. The van der Waals surface area contributed by atoms with Gasteiger partial charge in [0.1, 0.15) is 6.54 Å². The molecule has 0 saturated carbocycles. The van der Waals surface area contributed by atoms with E-state index in [2.05, 4.69) is 27.9 Å². The standard InChI is InChI=1S/C15H14ClIN2O3S/c1-23(21,22)19(14-4-2-3-11(16)9-14)10-15(20)18-13-7-5-12(17)6-8-13/h2-9H,10H2,1H3,(H,18,20). The number of hydrogen-bond acceptors (Lipinski definition) is 3. The van der Waals surface area contributed by atoms with Crippen LogP contribution in [-0.4, -0.2) is 27.1 Å². The number of anilines is 2. The molecule has 0 aliphatic rings. The average molecular weight is 465 g/mol. The van der Waals surface area contributed by atoms with Gasteiger partial charge in [-0.1, -0.05) is 17.7 Å². The van der Waals surface area contributed by atoms with E-state index in [9.17, 15) is 13.2 Å². The number of carbonyl (C=O) groups is 1. The molecule has 0 heterocycles. The zero-order valence-electron chi connectivity index (χ0n) is 12.2. The fraction of sp³-hybridized carbons (Fsp3) is 0.133. The lowest BCUT2D eigenvalue weighted by Crippen LogP contribution is -2.37. The zero-order valence-corrected chi connectivity index (χ0v) is 15.9. The Kier molecular flexibility index (Phi) is 5.88. The van der Waals surface area contributed by atoms with Gasteiger partial charge in [-0.3, -0.25) is 9.10 Å². The molecule has 2 aromatic rings. The highest BCUT2D eigenvalue weighted by molar-refractivity contribution is 14.1. The monoisotopic (exact) mass is 464 g/mol. The predicted molar refractivity (Wildman–Crippen MR) is 101 cm³/mol. The smallest absolute Gasteiger partial charge is 0.245 e. The number of benzene rings is 2. The van der Waals surface area contributed by atoms with E-state index in [1.165, 1.54) is 6.07 Å². The van der Waals surface area contributed by atoms with Crippen LogP contribution in [0.1, 0.15) is 0 Å². The van der Waals surface area contributed by atoms with Crippen molar-refractivity contribution in [2.75, 3.05) is 22.4 Å². The average Bonchev–Trinajstić information content (AvgIpc) is 2.46. The van der Waals surface area contributed by atoms with Crippen LogP contribution in [0.3, 0.4) is 0 Å². The maximum Gasteiger partial charge on any atom is 0.245 e. The van der Waals surface area contributed by atoms with Gasteiger partial charge in [0.15, 0.2) is 0 Å². The first-order chi connectivity index (χ1) is 10.8. The number of rotatable bonds is 5. The summed E-state index contributed by atoms with van der Waals surface area (Å²) in [5, 5.41) is 3.07. The normalized spacial score (nSPS) is 11.1. The van der Waals surface area contributed by atoms with Crippen LogP contribution in [0.4, 0.5) is 11.4 Å². The van der Waals surface area contributed by atoms with Crippen molar-refractivity contribution in [3.8, 4) is 0 Å². The highest BCUT2D eigenvalue weighted by atomic mass is 127. The third-order valence-electron chi connectivity index (χ3n) is 2.91. The first-order valence-corrected chi connectivity index (χ1v) is 9.85. The van der Waals surface area contributed by atoms with Crippen molar-refractivity contribution in [3.63, 3.8) is 0 Å². The highest BCUT2D eigenvalue weighted by Gasteiger charge is 2.21. The van der Waals surface area contributed by atoms with Gasteiger partial charge in [-0.25, -0.2) is 8.42 Å². The summed E-state index contributed by atoms with van der Waals surface area (Å²) in [5.41, 5.74) is 0.952. The number of sulfonamides is 1. The topological polar surface area (TPSA) is 66.5 Å². The van der Waals surface area contributed by atoms with E-state index in [1.54, 1.807) is 30.3 Å². The Morgan fingerprint density at radius 2 is 1.87 bits per heavy atom. The number of nitrogens with one attached hydrogen (secondary N) is 1. The number of carbonyl (C=O) groups excluding carboxylic acids is 1. The quantitative estimate of drug-likeness (QED) is 0.690. The van der Waals surface area contributed by atoms with Crippen molar-refractivity contribution in [2.45, 2.75) is 0 Å². The van der Waals surface area contributed by atoms with Crippen LogP contribution in [0.2, 0.25) is 5.02 Å². The first-order valence-electron chi connectivity index (χ1n) is 6.54. The minimum absolute atomic E-state index is 0.328. The Bertz CT molecular complexity index is 810. The maximum atomic E-state index is 12.2. The molecule has 1 amide bonds. The van der Waals surface area contributed by atoms with E-state index in [4.69, 9.17) is 11.6 Å². The van der Waals surface area contributed by atoms with Crippen molar-refractivity contribution < 1.29 is 13.2 Å². The van der Waals surface area contributed by atoms with Crippen LogP contribution in [-0.2, 0) is 14.8 Å². The van der Waals surface area contributed by atoms with Crippen LogP contribution in [0.5, 0.6) is 0 Å². The second-order valence-corrected chi connectivity index (χ2v) is 8.39. The van der Waals surface area contributed by atoms with E-state index in [0.29, 0.717) is 16.4 Å². The molecule has 0 saturated heterocycles. The number of amides is 1. The lowest BCUT2D eigenvalue weighted by Gasteiger charge is -2.22. The molecule has 8 heteroatoms. The Hall–Kier alpha value is -1.32. The highest BCUT2D eigenvalue weighted by Crippen LogP contribution is 2.21. The number of halogens is 2. The van der Waals surface area contributed by atoms with Crippen LogP contribution >= 0.6 is 34.2 Å². The van der Waals surface area contributed by atoms with Crippen molar-refractivity contribution in [1.82, 2.24) is 0 Å². The summed E-state index contributed by atoms with van der Waals surface area (Å²) in [6, 6.07) is 13.6. The van der Waals surface area contributed by atoms with Crippen molar-refractivity contribution in [3.05, 3.63) is 57.1 Å². The van der Waals surface area contributed by atoms with E-state index < -0.39 is 15.9 Å². The Balaban J connectivity index is 2.18. The van der Waals surface area contributed by atoms with Gasteiger partial charge in [-0.05, 0) is 65.1 Å². The lowest BCUT2D eigenvalue weighted by molar-refractivity contribution is -0.114. The molecule has 0 aliphatic heterocycles. The molecule has 2 rings (SSSR count). The molecule has 0 spiro atoms. The predicted octanol–water partition coefficient (Wildman–Crippen LogP) is 3.35. The van der Waals surface area contributed by atoms with Gasteiger partial charge in [0, 0.05) is 14.3 Å². The summed E-state index contributed by atoms with van der Waals surface area (Å²) in [5.74, 6) is -0.434. The molecule has 0 unspecified atom stereocenters. The summed E-state index contributed by atoms with van der Waals surface area (Å²) < 4.78 is 26.0. The molecule has 23 heavy (non-hydrogen) atoms. The fourth-order valence-corrected chi connectivity index (χ4v) is 3.29. The summed E-state index contributed by atoms with van der Waals surface area (Å²) in [6.45, 7) is -0.328. The summed E-state index contributed by atoms with van der Waals surface area (Å²) in [7, 11) is -3.62. The van der Waals surface area contributed by atoms with Crippen LogP contribution < -0.4 is 9.62 Å². The minimum Gasteiger partial charge on any atom is -0.325 e. The van der Waals surface area contributed by atoms with Gasteiger partial charge in [0.2, 0.25) is 15.9 Å². The van der Waals surface area contributed by atoms with Crippen LogP contribution in [0.15, 0.2) is 48.5 Å². The molecule has 0 aliphatic carbocycles. The van der Waals surface area contributed by atoms with Crippen molar-refractivity contribution in [2.24, 2.45) is 0 Å². The van der Waals surface area contributed by atoms with E-state index in [0.717, 1.165) is 14.1 Å². The summed E-state index contributed by atoms with van der Waals surface area (Å²) >= 11 is 8.06. The fourth-order valence-electron chi connectivity index (χ4n) is 1.90. The van der Waals surface area contributed by atoms with E-state index >= 15 is 0 Å². The van der Waals surface area contributed by atoms with Crippen molar-refractivity contribution >= 4 is 61.5 Å². The molecule has 122 valence electrons. The van der Waals surface area contributed by atoms with E-state index in [-0.39, 0.29) is 6.54 Å². The minimum atomic E-state index is -3.62. The molecule has 0 aromatic heterocycles. The largest absolute Gasteiger partial charge is 0.325 e. The Labute approximate surface area is 153 Å². The van der Waals surface area contributed by atoms with Gasteiger partial charge in [0.05, 0.1) is 11.9 Å². The molecular formula is C15H14ClIN2O3S. The second kappa shape index (κ2) is 7.50. The van der Waals surface area contributed by atoms with Gasteiger partial charge in [-0.2, -0.15) is 0 Å². The molecular weight excluding hydrogens is 451 g/mol. The molecule has 0 bridgehead atoms. The molecule has 0 radical (unpaired) electrons. The van der Waals surface area contributed by atoms with Crippen LogP contribution in [0, 0.1) is 3.57 Å². The third kappa shape index (κ3) is 5.36. The molecule has 0 fully saturated rings. The van der Waals surface area contributed by atoms with Crippen LogP contribution in [0.25, 0.3) is 0 Å². The van der Waals surface area contributed by atoms with Gasteiger partial charge < -0.3 is 5.32 Å². The molecule has 0 atom stereocenters.